The Labute approximate surface area is 87.4 Å². The van der Waals surface area contributed by atoms with Gasteiger partial charge < -0.3 is 15.4 Å². The van der Waals surface area contributed by atoms with Crippen molar-refractivity contribution in [1.82, 2.24) is 15.1 Å². The molecular formula is C9H14N4O2. The number of H-pyrrole nitrogens is 1. The Morgan fingerprint density at radius 2 is 2.40 bits per heavy atom. The summed E-state index contributed by atoms with van der Waals surface area (Å²) in [6.45, 7) is 2.61. The molecule has 0 aromatic carbocycles. The van der Waals surface area contributed by atoms with Gasteiger partial charge in [-0.3, -0.25) is 9.89 Å². The number of aromatic amines is 1. The molecule has 6 heteroatoms. The second kappa shape index (κ2) is 4.31. The number of nitrogen functional groups attached to an aromatic ring is 1. The molecule has 15 heavy (non-hydrogen) atoms. The molecule has 0 radical (unpaired) electrons. The first-order valence-corrected chi connectivity index (χ1v) is 4.95. The summed E-state index contributed by atoms with van der Waals surface area (Å²) in [5.74, 6) is -0.101. The van der Waals surface area contributed by atoms with Crippen LogP contribution in [0.2, 0.25) is 0 Å². The zero-order chi connectivity index (χ0) is 10.7. The van der Waals surface area contributed by atoms with Gasteiger partial charge >= 0.3 is 0 Å². The normalized spacial score (nSPS) is 17.5. The standard InChI is InChI=1S/C9H14N4O2/c10-7-6-11-12-8(7)9(14)13-2-1-4-15-5-3-13/h6H,1-5,10H2,(H,11,12). The number of hydrogen-bond donors (Lipinski definition) is 2. The molecule has 1 aliphatic heterocycles. The van der Waals surface area contributed by atoms with Crippen LogP contribution < -0.4 is 5.73 Å². The van der Waals surface area contributed by atoms with Crippen LogP contribution in [0.4, 0.5) is 5.69 Å². The van der Waals surface area contributed by atoms with Crippen molar-refractivity contribution in [1.29, 1.82) is 0 Å². The smallest absolute Gasteiger partial charge is 0.274 e. The van der Waals surface area contributed by atoms with Crippen LogP contribution in [0.25, 0.3) is 0 Å². The summed E-state index contributed by atoms with van der Waals surface area (Å²) >= 11 is 0. The molecule has 1 fully saturated rings. The van der Waals surface area contributed by atoms with E-state index in [9.17, 15) is 4.79 Å². The van der Waals surface area contributed by atoms with E-state index in [1.54, 1.807) is 4.90 Å². The molecule has 0 bridgehead atoms. The van der Waals surface area contributed by atoms with E-state index in [2.05, 4.69) is 10.2 Å². The summed E-state index contributed by atoms with van der Waals surface area (Å²) in [5.41, 5.74) is 6.38. The zero-order valence-corrected chi connectivity index (χ0v) is 8.40. The monoisotopic (exact) mass is 210 g/mol. The van der Waals surface area contributed by atoms with Crippen LogP contribution in [0.3, 0.4) is 0 Å². The molecule has 0 aliphatic carbocycles. The Balaban J connectivity index is 2.09. The van der Waals surface area contributed by atoms with E-state index in [4.69, 9.17) is 10.5 Å². The van der Waals surface area contributed by atoms with Crippen LogP contribution in [0.15, 0.2) is 6.20 Å². The molecule has 1 amide bonds. The first-order chi connectivity index (χ1) is 7.29. The van der Waals surface area contributed by atoms with E-state index in [-0.39, 0.29) is 5.91 Å². The predicted molar refractivity (Wildman–Crippen MR) is 54.3 cm³/mol. The molecule has 1 aromatic rings. The summed E-state index contributed by atoms with van der Waals surface area (Å²) in [6, 6.07) is 0. The summed E-state index contributed by atoms with van der Waals surface area (Å²) in [5, 5.41) is 6.35. The van der Waals surface area contributed by atoms with Crippen molar-refractivity contribution in [2.75, 3.05) is 32.0 Å². The topological polar surface area (TPSA) is 84.2 Å². The molecule has 1 aromatic heterocycles. The Hall–Kier alpha value is -1.56. The predicted octanol–water partition coefficient (Wildman–Crippen LogP) is -0.146. The van der Waals surface area contributed by atoms with Gasteiger partial charge in [0, 0.05) is 19.7 Å². The number of ether oxygens (including phenoxy) is 1. The van der Waals surface area contributed by atoms with Gasteiger partial charge in [-0.25, -0.2) is 0 Å². The van der Waals surface area contributed by atoms with Gasteiger partial charge in [-0.2, -0.15) is 5.10 Å². The van der Waals surface area contributed by atoms with Gasteiger partial charge in [-0.1, -0.05) is 0 Å². The number of carbonyl (C=O) groups is 1. The van der Waals surface area contributed by atoms with Crippen LogP contribution in [0.5, 0.6) is 0 Å². The van der Waals surface area contributed by atoms with Crippen molar-refractivity contribution in [3.8, 4) is 0 Å². The van der Waals surface area contributed by atoms with E-state index < -0.39 is 0 Å². The van der Waals surface area contributed by atoms with Gasteiger partial charge in [-0.15, -0.1) is 0 Å². The summed E-state index contributed by atoms with van der Waals surface area (Å²) in [4.78, 5) is 13.7. The fraction of sp³-hybridized carbons (Fsp3) is 0.556. The second-order valence-electron chi connectivity index (χ2n) is 3.46. The highest BCUT2D eigenvalue weighted by Gasteiger charge is 2.20. The average molecular weight is 210 g/mol. The minimum absolute atomic E-state index is 0.101. The number of carbonyl (C=O) groups excluding carboxylic acids is 1. The van der Waals surface area contributed by atoms with Crippen molar-refractivity contribution in [3.63, 3.8) is 0 Å². The van der Waals surface area contributed by atoms with Crippen molar-refractivity contribution in [3.05, 3.63) is 11.9 Å². The third kappa shape index (κ3) is 2.10. The minimum Gasteiger partial charge on any atom is -0.396 e. The number of aromatic nitrogens is 2. The number of hydrogen-bond acceptors (Lipinski definition) is 4. The van der Waals surface area contributed by atoms with Crippen LogP contribution in [-0.2, 0) is 4.74 Å². The summed E-state index contributed by atoms with van der Waals surface area (Å²) in [6.07, 6.45) is 2.31. The lowest BCUT2D eigenvalue weighted by atomic mass is 10.3. The van der Waals surface area contributed by atoms with Crippen molar-refractivity contribution >= 4 is 11.6 Å². The molecule has 2 heterocycles. The maximum absolute atomic E-state index is 12.0. The van der Waals surface area contributed by atoms with Crippen molar-refractivity contribution in [2.45, 2.75) is 6.42 Å². The fourth-order valence-electron chi connectivity index (χ4n) is 1.57. The zero-order valence-electron chi connectivity index (χ0n) is 8.40. The lowest BCUT2D eigenvalue weighted by Gasteiger charge is -2.18. The molecule has 6 nitrogen and oxygen atoms in total. The highest BCUT2D eigenvalue weighted by molar-refractivity contribution is 5.96. The Bertz CT molecular complexity index is 342. The largest absolute Gasteiger partial charge is 0.396 e. The van der Waals surface area contributed by atoms with E-state index >= 15 is 0 Å². The maximum atomic E-state index is 12.0. The lowest BCUT2D eigenvalue weighted by Crippen LogP contribution is -2.33. The maximum Gasteiger partial charge on any atom is 0.274 e. The second-order valence-corrected chi connectivity index (χ2v) is 3.46. The molecule has 2 rings (SSSR count). The van der Waals surface area contributed by atoms with Gasteiger partial charge in [0.1, 0.15) is 5.69 Å². The number of anilines is 1. The molecule has 0 saturated carbocycles. The molecule has 1 aliphatic rings. The Kier molecular flexibility index (Phi) is 2.86. The van der Waals surface area contributed by atoms with Gasteiger partial charge in [0.15, 0.2) is 0 Å². The molecule has 3 N–H and O–H groups in total. The molecule has 0 spiro atoms. The lowest BCUT2D eigenvalue weighted by molar-refractivity contribution is 0.0736. The quantitative estimate of drug-likeness (QED) is 0.675. The molecule has 1 saturated heterocycles. The van der Waals surface area contributed by atoms with E-state index in [1.807, 2.05) is 0 Å². The third-order valence-electron chi connectivity index (χ3n) is 2.39. The van der Waals surface area contributed by atoms with Gasteiger partial charge in [-0.05, 0) is 6.42 Å². The number of nitrogens with two attached hydrogens (primary N) is 1. The van der Waals surface area contributed by atoms with Crippen LogP contribution >= 0.6 is 0 Å². The highest BCUT2D eigenvalue weighted by atomic mass is 16.5. The van der Waals surface area contributed by atoms with E-state index in [0.29, 0.717) is 37.7 Å². The molecular weight excluding hydrogens is 196 g/mol. The number of nitrogens with zero attached hydrogens (tertiary/aromatic N) is 2. The molecule has 0 atom stereocenters. The molecule has 82 valence electrons. The van der Waals surface area contributed by atoms with Gasteiger partial charge in [0.2, 0.25) is 0 Å². The van der Waals surface area contributed by atoms with E-state index in [0.717, 1.165) is 6.42 Å². The Morgan fingerprint density at radius 1 is 1.53 bits per heavy atom. The first-order valence-electron chi connectivity index (χ1n) is 4.95. The van der Waals surface area contributed by atoms with E-state index in [1.165, 1.54) is 6.20 Å². The number of amides is 1. The van der Waals surface area contributed by atoms with Crippen LogP contribution in [0.1, 0.15) is 16.9 Å². The van der Waals surface area contributed by atoms with Crippen molar-refractivity contribution < 1.29 is 9.53 Å². The SMILES string of the molecule is Nc1cn[nH]c1C(=O)N1CCCOCC1. The molecule has 0 unspecified atom stereocenters. The van der Waals surface area contributed by atoms with Gasteiger partial charge in [0.25, 0.3) is 5.91 Å². The van der Waals surface area contributed by atoms with Crippen LogP contribution in [0, 0.1) is 0 Å². The minimum atomic E-state index is -0.101. The summed E-state index contributed by atoms with van der Waals surface area (Å²) in [7, 11) is 0. The third-order valence-corrected chi connectivity index (χ3v) is 2.39. The Morgan fingerprint density at radius 3 is 3.13 bits per heavy atom. The van der Waals surface area contributed by atoms with Gasteiger partial charge in [0.05, 0.1) is 18.5 Å². The number of nitrogens with one attached hydrogen (secondary N) is 1. The number of rotatable bonds is 1. The fourth-order valence-corrected chi connectivity index (χ4v) is 1.57. The first kappa shape index (κ1) is 9.97. The summed E-state index contributed by atoms with van der Waals surface area (Å²) < 4.78 is 5.27. The highest BCUT2D eigenvalue weighted by Crippen LogP contribution is 2.11. The van der Waals surface area contributed by atoms with Crippen LogP contribution in [-0.4, -0.2) is 47.3 Å². The van der Waals surface area contributed by atoms with Crippen molar-refractivity contribution in [2.24, 2.45) is 0 Å². The average Bonchev–Trinajstić information content (AvgIpc) is 2.53.